The Labute approximate surface area is 159 Å². The molecule has 6 nitrogen and oxygen atoms in total. The van der Waals surface area contributed by atoms with Crippen molar-refractivity contribution in [3.8, 4) is 0 Å². The SMILES string of the molecule is CCn1c(C(=O)NCc2ccccc2)cc2cc(S(=O)(=O)N(C)C)ccc21. The third-order valence-electron chi connectivity index (χ3n) is 4.50. The molecule has 0 aliphatic heterocycles. The highest BCUT2D eigenvalue weighted by atomic mass is 32.2. The van der Waals surface area contributed by atoms with Gasteiger partial charge in [-0.25, -0.2) is 12.7 Å². The molecule has 0 aliphatic rings. The summed E-state index contributed by atoms with van der Waals surface area (Å²) in [5, 5.41) is 3.65. The van der Waals surface area contributed by atoms with Gasteiger partial charge < -0.3 is 9.88 Å². The highest BCUT2D eigenvalue weighted by Gasteiger charge is 2.20. The Morgan fingerprint density at radius 3 is 2.41 bits per heavy atom. The molecule has 27 heavy (non-hydrogen) atoms. The lowest BCUT2D eigenvalue weighted by atomic mass is 10.2. The normalized spacial score (nSPS) is 11.9. The van der Waals surface area contributed by atoms with E-state index in [1.54, 1.807) is 24.3 Å². The lowest BCUT2D eigenvalue weighted by Gasteiger charge is -2.12. The molecular formula is C20H23N3O3S. The number of rotatable bonds is 6. The molecule has 3 aromatic rings. The Bertz CT molecular complexity index is 1070. The van der Waals surface area contributed by atoms with E-state index in [2.05, 4.69) is 5.32 Å². The maximum Gasteiger partial charge on any atom is 0.268 e. The molecule has 1 N–H and O–H groups in total. The fourth-order valence-corrected chi connectivity index (χ4v) is 3.96. The van der Waals surface area contributed by atoms with E-state index < -0.39 is 10.0 Å². The molecule has 0 saturated heterocycles. The smallest absolute Gasteiger partial charge is 0.268 e. The number of fused-ring (bicyclic) bond motifs is 1. The topological polar surface area (TPSA) is 71.4 Å². The average Bonchev–Trinajstić information content (AvgIpc) is 3.04. The van der Waals surface area contributed by atoms with Crippen molar-refractivity contribution < 1.29 is 13.2 Å². The van der Waals surface area contributed by atoms with Crippen LogP contribution in [-0.2, 0) is 23.1 Å². The number of sulfonamides is 1. The molecule has 0 fully saturated rings. The lowest BCUT2D eigenvalue weighted by molar-refractivity contribution is 0.0942. The van der Waals surface area contributed by atoms with Crippen molar-refractivity contribution in [1.82, 2.24) is 14.2 Å². The van der Waals surface area contributed by atoms with Crippen LogP contribution in [0.3, 0.4) is 0 Å². The Morgan fingerprint density at radius 2 is 1.78 bits per heavy atom. The van der Waals surface area contributed by atoms with E-state index in [-0.39, 0.29) is 10.8 Å². The Morgan fingerprint density at radius 1 is 1.07 bits per heavy atom. The number of aromatic nitrogens is 1. The van der Waals surface area contributed by atoms with Gasteiger partial charge in [-0.05, 0) is 36.8 Å². The standard InChI is InChI=1S/C20H23N3O3S/c1-4-23-18-11-10-17(27(25,26)22(2)3)12-16(18)13-19(23)20(24)21-14-15-8-6-5-7-9-15/h5-13H,4,14H2,1-3H3,(H,21,24). The zero-order chi connectivity index (χ0) is 19.6. The van der Waals surface area contributed by atoms with E-state index in [1.807, 2.05) is 41.8 Å². The first-order chi connectivity index (χ1) is 12.8. The molecule has 1 heterocycles. The number of amides is 1. The first kappa shape index (κ1) is 19.1. The van der Waals surface area contributed by atoms with E-state index in [0.717, 1.165) is 16.5 Å². The predicted molar refractivity (Wildman–Crippen MR) is 106 cm³/mol. The fourth-order valence-electron chi connectivity index (χ4n) is 3.02. The van der Waals surface area contributed by atoms with Gasteiger partial charge in [0.25, 0.3) is 5.91 Å². The maximum atomic E-state index is 12.7. The summed E-state index contributed by atoms with van der Waals surface area (Å²) in [6.07, 6.45) is 0. The number of aryl methyl sites for hydroxylation is 1. The van der Waals surface area contributed by atoms with Crippen LogP contribution in [0.25, 0.3) is 10.9 Å². The number of nitrogens with zero attached hydrogens (tertiary/aromatic N) is 2. The first-order valence-corrected chi connectivity index (χ1v) is 10.2. The van der Waals surface area contributed by atoms with Crippen molar-refractivity contribution in [1.29, 1.82) is 0 Å². The highest BCUT2D eigenvalue weighted by Crippen LogP contribution is 2.24. The molecule has 142 valence electrons. The molecule has 0 saturated carbocycles. The van der Waals surface area contributed by atoms with Gasteiger partial charge in [0.1, 0.15) is 5.69 Å². The van der Waals surface area contributed by atoms with E-state index in [4.69, 9.17) is 0 Å². The van der Waals surface area contributed by atoms with Crippen LogP contribution in [0.5, 0.6) is 0 Å². The molecular weight excluding hydrogens is 362 g/mol. The van der Waals surface area contributed by atoms with Crippen molar-refractivity contribution in [2.45, 2.75) is 24.9 Å². The minimum absolute atomic E-state index is 0.186. The Hall–Kier alpha value is -2.64. The number of hydrogen-bond donors (Lipinski definition) is 1. The monoisotopic (exact) mass is 385 g/mol. The summed E-state index contributed by atoms with van der Waals surface area (Å²) >= 11 is 0. The van der Waals surface area contributed by atoms with Gasteiger partial charge in [-0.1, -0.05) is 30.3 Å². The Kier molecular flexibility index (Phi) is 5.34. The van der Waals surface area contributed by atoms with Crippen LogP contribution in [0.4, 0.5) is 0 Å². The summed E-state index contributed by atoms with van der Waals surface area (Å²) in [7, 11) is -0.523. The molecule has 1 aromatic heterocycles. The quantitative estimate of drug-likeness (QED) is 0.709. The summed E-state index contributed by atoms with van der Waals surface area (Å²) in [6.45, 7) is 3.00. The van der Waals surface area contributed by atoms with Gasteiger partial charge in [-0.3, -0.25) is 4.79 Å². The van der Waals surface area contributed by atoms with Crippen LogP contribution in [-0.4, -0.2) is 37.3 Å². The number of carbonyl (C=O) groups excluding carboxylic acids is 1. The minimum Gasteiger partial charge on any atom is -0.347 e. The number of hydrogen-bond acceptors (Lipinski definition) is 3. The molecule has 0 bridgehead atoms. The molecule has 0 spiro atoms. The molecule has 2 aromatic carbocycles. The van der Waals surface area contributed by atoms with Crippen molar-refractivity contribution in [2.24, 2.45) is 0 Å². The van der Waals surface area contributed by atoms with Gasteiger partial charge in [-0.2, -0.15) is 0 Å². The van der Waals surface area contributed by atoms with Crippen molar-refractivity contribution in [3.63, 3.8) is 0 Å². The van der Waals surface area contributed by atoms with Gasteiger partial charge in [0.05, 0.1) is 4.90 Å². The van der Waals surface area contributed by atoms with Crippen molar-refractivity contribution >= 4 is 26.8 Å². The average molecular weight is 385 g/mol. The van der Waals surface area contributed by atoms with E-state index in [1.165, 1.54) is 18.4 Å². The number of benzene rings is 2. The van der Waals surface area contributed by atoms with Gasteiger partial charge in [0, 0.05) is 38.1 Å². The zero-order valence-electron chi connectivity index (χ0n) is 15.6. The second-order valence-corrected chi connectivity index (χ2v) is 8.60. The maximum absolute atomic E-state index is 12.7. The van der Waals surface area contributed by atoms with Gasteiger partial charge in [-0.15, -0.1) is 0 Å². The van der Waals surface area contributed by atoms with Gasteiger partial charge >= 0.3 is 0 Å². The zero-order valence-corrected chi connectivity index (χ0v) is 16.5. The third kappa shape index (κ3) is 3.74. The van der Waals surface area contributed by atoms with Crippen LogP contribution in [0.2, 0.25) is 0 Å². The summed E-state index contributed by atoms with van der Waals surface area (Å²) in [5.41, 5.74) is 2.37. The summed E-state index contributed by atoms with van der Waals surface area (Å²) in [4.78, 5) is 12.9. The lowest BCUT2D eigenvalue weighted by Crippen LogP contribution is -2.25. The van der Waals surface area contributed by atoms with Crippen LogP contribution in [0, 0.1) is 0 Å². The highest BCUT2D eigenvalue weighted by molar-refractivity contribution is 7.89. The number of carbonyl (C=O) groups is 1. The van der Waals surface area contributed by atoms with Crippen LogP contribution < -0.4 is 5.32 Å². The largest absolute Gasteiger partial charge is 0.347 e. The summed E-state index contributed by atoms with van der Waals surface area (Å²) in [5.74, 6) is -0.186. The molecule has 3 rings (SSSR count). The van der Waals surface area contributed by atoms with E-state index >= 15 is 0 Å². The first-order valence-electron chi connectivity index (χ1n) is 8.72. The van der Waals surface area contributed by atoms with E-state index in [0.29, 0.717) is 18.8 Å². The molecule has 0 atom stereocenters. The van der Waals surface area contributed by atoms with Crippen LogP contribution in [0.15, 0.2) is 59.5 Å². The molecule has 0 unspecified atom stereocenters. The molecule has 7 heteroatoms. The van der Waals surface area contributed by atoms with E-state index in [9.17, 15) is 13.2 Å². The molecule has 0 aliphatic carbocycles. The van der Waals surface area contributed by atoms with Crippen LogP contribution >= 0.6 is 0 Å². The predicted octanol–water partition coefficient (Wildman–Crippen LogP) is 2.84. The summed E-state index contributed by atoms with van der Waals surface area (Å²) < 4.78 is 27.8. The fraction of sp³-hybridized carbons (Fsp3) is 0.250. The molecule has 0 radical (unpaired) electrons. The Balaban J connectivity index is 1.94. The van der Waals surface area contributed by atoms with Crippen molar-refractivity contribution in [3.05, 3.63) is 65.9 Å². The van der Waals surface area contributed by atoms with Gasteiger partial charge in [0.15, 0.2) is 0 Å². The third-order valence-corrected chi connectivity index (χ3v) is 6.31. The number of nitrogens with one attached hydrogen (secondary N) is 1. The minimum atomic E-state index is -3.52. The van der Waals surface area contributed by atoms with Crippen LogP contribution in [0.1, 0.15) is 23.0 Å². The second kappa shape index (κ2) is 7.54. The summed E-state index contributed by atoms with van der Waals surface area (Å²) in [6, 6.07) is 16.4. The van der Waals surface area contributed by atoms with Gasteiger partial charge in [0.2, 0.25) is 10.0 Å². The van der Waals surface area contributed by atoms with Crippen molar-refractivity contribution in [2.75, 3.05) is 14.1 Å². The molecule has 1 amide bonds. The second-order valence-electron chi connectivity index (χ2n) is 6.45.